The second-order valence-corrected chi connectivity index (χ2v) is 5.00. The molecule has 1 aliphatic heterocycles. The summed E-state index contributed by atoms with van der Waals surface area (Å²) in [6.07, 6.45) is 4.83. The minimum atomic E-state index is -0.588. The molecule has 3 nitrogen and oxygen atoms in total. The van der Waals surface area contributed by atoms with E-state index in [1.54, 1.807) is 0 Å². The molecule has 0 amide bonds. The Balaban J connectivity index is 2.21. The Kier molecular flexibility index (Phi) is 2.67. The molecular weight excluding hydrogens is 216 g/mol. The summed E-state index contributed by atoms with van der Waals surface area (Å²) in [6, 6.07) is 0. The van der Waals surface area contributed by atoms with Crippen molar-refractivity contribution in [1.29, 1.82) is 0 Å². The van der Waals surface area contributed by atoms with Crippen LogP contribution in [0.4, 0.5) is 0 Å². The van der Waals surface area contributed by atoms with E-state index in [0.717, 1.165) is 12.8 Å². The molecular formula is C11H15ClO3. The Labute approximate surface area is 94.1 Å². The Morgan fingerprint density at radius 1 is 1.47 bits per heavy atom. The van der Waals surface area contributed by atoms with Crippen molar-refractivity contribution in [2.75, 3.05) is 0 Å². The zero-order valence-corrected chi connectivity index (χ0v) is 9.51. The molecule has 0 bridgehead atoms. The van der Waals surface area contributed by atoms with Crippen molar-refractivity contribution >= 4 is 17.6 Å². The van der Waals surface area contributed by atoms with Gasteiger partial charge in [0.05, 0.1) is 0 Å². The van der Waals surface area contributed by atoms with E-state index in [-0.39, 0.29) is 10.8 Å². The Bertz CT molecular complexity index is 318. The number of carbonyl (C=O) groups is 1. The first-order valence-corrected chi connectivity index (χ1v) is 5.72. The summed E-state index contributed by atoms with van der Waals surface area (Å²) in [5, 5.41) is 9.43. The van der Waals surface area contributed by atoms with Crippen molar-refractivity contribution in [2.45, 2.75) is 44.6 Å². The molecule has 1 heterocycles. The van der Waals surface area contributed by atoms with Crippen LogP contribution >= 0.6 is 11.6 Å². The van der Waals surface area contributed by atoms with Gasteiger partial charge in [0.25, 0.3) is 0 Å². The van der Waals surface area contributed by atoms with E-state index in [1.807, 2.05) is 6.92 Å². The van der Waals surface area contributed by atoms with Crippen LogP contribution in [0.3, 0.4) is 0 Å². The molecule has 0 spiro atoms. The van der Waals surface area contributed by atoms with E-state index >= 15 is 0 Å². The fraction of sp³-hybridized carbons (Fsp3) is 0.727. The zero-order valence-electron chi connectivity index (χ0n) is 8.75. The first kappa shape index (κ1) is 10.8. The van der Waals surface area contributed by atoms with Crippen molar-refractivity contribution in [3.05, 3.63) is 10.8 Å². The van der Waals surface area contributed by atoms with Gasteiger partial charge in [-0.3, -0.25) is 0 Å². The highest BCUT2D eigenvalue weighted by molar-refractivity contribution is 6.41. The molecule has 2 aliphatic rings. The van der Waals surface area contributed by atoms with Gasteiger partial charge in [0.2, 0.25) is 0 Å². The smallest absolute Gasteiger partial charge is 0.353 e. The lowest BCUT2D eigenvalue weighted by Gasteiger charge is -2.37. The molecule has 84 valence electrons. The number of carbonyl (C=O) groups excluding carboxylic acids is 1. The third-order valence-electron chi connectivity index (χ3n) is 3.50. The summed E-state index contributed by atoms with van der Waals surface area (Å²) in [5.74, 6) is -0.259. The lowest BCUT2D eigenvalue weighted by Crippen LogP contribution is -2.42. The summed E-state index contributed by atoms with van der Waals surface area (Å²) in [5.41, 5.74) is -0.559. The predicted octanol–water partition coefficient (Wildman–Crippen LogP) is 2.89. The molecule has 1 fully saturated rings. The normalized spacial score (nSPS) is 33.3. The van der Waals surface area contributed by atoms with Gasteiger partial charge in [-0.05, 0) is 25.7 Å². The maximum absolute atomic E-state index is 11.4. The minimum absolute atomic E-state index is 0.0256. The van der Waals surface area contributed by atoms with E-state index in [1.165, 1.54) is 12.8 Å². The summed E-state index contributed by atoms with van der Waals surface area (Å²) in [4.78, 5) is 11.4. The van der Waals surface area contributed by atoms with E-state index in [2.05, 4.69) is 0 Å². The second kappa shape index (κ2) is 3.71. The highest BCUT2D eigenvalue weighted by atomic mass is 35.5. The van der Waals surface area contributed by atoms with Gasteiger partial charge in [-0.1, -0.05) is 24.4 Å². The van der Waals surface area contributed by atoms with Gasteiger partial charge < -0.3 is 9.84 Å². The molecule has 0 radical (unpaired) electrons. The van der Waals surface area contributed by atoms with Crippen molar-refractivity contribution in [3.8, 4) is 0 Å². The van der Waals surface area contributed by atoms with Crippen molar-refractivity contribution < 1.29 is 14.6 Å². The van der Waals surface area contributed by atoms with Crippen LogP contribution in [0.2, 0.25) is 0 Å². The molecule has 4 heteroatoms. The standard InChI is InChI=1S/C11H15ClO3/c1-11(7-4-2-3-5-7)6-8(13)9(12)10(14)15-11/h7,13H,2-6H2,1H3. The molecule has 0 aromatic rings. The maximum Gasteiger partial charge on any atom is 0.353 e. The Morgan fingerprint density at radius 2 is 2.07 bits per heavy atom. The second-order valence-electron chi connectivity index (χ2n) is 4.62. The third kappa shape index (κ3) is 1.85. The van der Waals surface area contributed by atoms with Crippen LogP contribution in [-0.2, 0) is 9.53 Å². The van der Waals surface area contributed by atoms with Gasteiger partial charge in [0, 0.05) is 6.42 Å². The van der Waals surface area contributed by atoms with E-state index in [9.17, 15) is 9.90 Å². The topological polar surface area (TPSA) is 46.5 Å². The zero-order chi connectivity index (χ0) is 11.1. The average molecular weight is 231 g/mol. The largest absolute Gasteiger partial charge is 0.510 e. The molecule has 15 heavy (non-hydrogen) atoms. The van der Waals surface area contributed by atoms with Crippen LogP contribution in [0.1, 0.15) is 39.0 Å². The summed E-state index contributed by atoms with van der Waals surface area (Å²) in [6.45, 7) is 1.89. The fourth-order valence-corrected chi connectivity index (χ4v) is 2.69. The average Bonchev–Trinajstić information content (AvgIpc) is 2.67. The molecule has 1 aliphatic carbocycles. The number of rotatable bonds is 1. The van der Waals surface area contributed by atoms with Crippen LogP contribution < -0.4 is 0 Å². The SMILES string of the molecule is CC1(C2CCCC2)CC(O)=C(Cl)C(=O)O1. The number of cyclic esters (lactones) is 1. The Hall–Kier alpha value is -0.700. The molecule has 1 unspecified atom stereocenters. The molecule has 0 aromatic heterocycles. The number of hydrogen-bond donors (Lipinski definition) is 1. The quantitative estimate of drug-likeness (QED) is 0.705. The lowest BCUT2D eigenvalue weighted by atomic mass is 9.83. The van der Waals surface area contributed by atoms with Gasteiger partial charge in [0.1, 0.15) is 11.4 Å². The van der Waals surface area contributed by atoms with Crippen molar-refractivity contribution in [3.63, 3.8) is 0 Å². The number of aliphatic hydroxyl groups is 1. The summed E-state index contributed by atoms with van der Waals surface area (Å²) >= 11 is 5.61. The van der Waals surface area contributed by atoms with E-state index in [4.69, 9.17) is 16.3 Å². The predicted molar refractivity (Wildman–Crippen MR) is 56.6 cm³/mol. The van der Waals surface area contributed by atoms with Crippen LogP contribution in [0.5, 0.6) is 0 Å². The maximum atomic E-state index is 11.4. The number of halogens is 1. The van der Waals surface area contributed by atoms with Crippen LogP contribution in [0.15, 0.2) is 10.8 Å². The summed E-state index contributed by atoms with van der Waals surface area (Å²) in [7, 11) is 0. The lowest BCUT2D eigenvalue weighted by molar-refractivity contribution is -0.162. The molecule has 2 rings (SSSR count). The van der Waals surface area contributed by atoms with Crippen LogP contribution in [0.25, 0.3) is 0 Å². The fourth-order valence-electron chi connectivity index (χ4n) is 2.58. The number of esters is 1. The van der Waals surface area contributed by atoms with Crippen molar-refractivity contribution in [2.24, 2.45) is 5.92 Å². The van der Waals surface area contributed by atoms with Gasteiger partial charge in [-0.2, -0.15) is 0 Å². The van der Waals surface area contributed by atoms with Crippen molar-refractivity contribution in [1.82, 2.24) is 0 Å². The van der Waals surface area contributed by atoms with Gasteiger partial charge in [-0.25, -0.2) is 4.79 Å². The first-order valence-electron chi connectivity index (χ1n) is 5.34. The summed E-state index contributed by atoms with van der Waals surface area (Å²) < 4.78 is 5.35. The van der Waals surface area contributed by atoms with E-state index < -0.39 is 11.6 Å². The highest BCUT2D eigenvalue weighted by Gasteiger charge is 2.44. The molecule has 1 saturated carbocycles. The molecule has 0 aromatic carbocycles. The third-order valence-corrected chi connectivity index (χ3v) is 3.87. The van der Waals surface area contributed by atoms with Gasteiger partial charge in [-0.15, -0.1) is 0 Å². The molecule has 1 N–H and O–H groups in total. The Morgan fingerprint density at radius 3 is 2.60 bits per heavy atom. The van der Waals surface area contributed by atoms with Crippen LogP contribution in [0, 0.1) is 5.92 Å². The molecule has 0 saturated heterocycles. The number of hydrogen-bond acceptors (Lipinski definition) is 3. The number of ether oxygens (including phenoxy) is 1. The first-order chi connectivity index (χ1) is 7.03. The highest BCUT2D eigenvalue weighted by Crippen LogP contribution is 2.43. The molecule has 1 atom stereocenters. The van der Waals surface area contributed by atoms with Gasteiger partial charge >= 0.3 is 5.97 Å². The van der Waals surface area contributed by atoms with E-state index in [0.29, 0.717) is 12.3 Å². The minimum Gasteiger partial charge on any atom is -0.510 e. The number of aliphatic hydroxyl groups excluding tert-OH is 1. The monoisotopic (exact) mass is 230 g/mol. The van der Waals surface area contributed by atoms with Gasteiger partial charge in [0.15, 0.2) is 5.03 Å². The van der Waals surface area contributed by atoms with Crippen LogP contribution in [-0.4, -0.2) is 16.7 Å².